The molecule has 0 aromatic carbocycles. The molecule has 1 aliphatic rings. The molecule has 1 aliphatic carbocycles. The van der Waals surface area contributed by atoms with Crippen LogP contribution in [0.25, 0.3) is 0 Å². The number of rotatable bonds is 6. The zero-order valence-electron chi connectivity index (χ0n) is 11.9. The van der Waals surface area contributed by atoms with Gasteiger partial charge in [0.1, 0.15) is 5.76 Å². The lowest BCUT2D eigenvalue weighted by molar-refractivity contribution is 0.115. The number of aliphatic hydroxyl groups excluding tert-OH is 1. The highest BCUT2D eigenvalue weighted by Gasteiger charge is 2.36. The molecule has 2 N–H and O–H groups in total. The number of aliphatic hydroxyl groups is 1. The van der Waals surface area contributed by atoms with Gasteiger partial charge < -0.3 is 14.8 Å². The maximum atomic E-state index is 9.77. The molecule has 0 bridgehead atoms. The van der Waals surface area contributed by atoms with E-state index in [0.717, 1.165) is 24.4 Å². The molecule has 2 rings (SSSR count). The van der Waals surface area contributed by atoms with E-state index in [2.05, 4.69) is 19.2 Å². The third-order valence-corrected chi connectivity index (χ3v) is 5.06. The second kappa shape index (κ2) is 6.82. The van der Waals surface area contributed by atoms with E-state index in [1.165, 1.54) is 12.8 Å². The molecule has 3 nitrogen and oxygen atoms in total. The molecule has 0 amide bonds. The normalized spacial score (nSPS) is 27.9. The van der Waals surface area contributed by atoms with E-state index >= 15 is 0 Å². The molecule has 1 fully saturated rings. The van der Waals surface area contributed by atoms with Crippen molar-refractivity contribution in [2.75, 3.05) is 6.61 Å². The van der Waals surface area contributed by atoms with Crippen molar-refractivity contribution in [1.82, 2.24) is 5.32 Å². The van der Waals surface area contributed by atoms with Gasteiger partial charge in [-0.15, -0.1) is 0 Å². The van der Waals surface area contributed by atoms with Crippen molar-refractivity contribution in [2.24, 2.45) is 0 Å². The van der Waals surface area contributed by atoms with Crippen LogP contribution in [0.15, 0.2) is 22.8 Å². The minimum Gasteiger partial charge on any atom is -0.468 e. The predicted molar refractivity (Wildman–Crippen MR) is 80.3 cm³/mol. The van der Waals surface area contributed by atoms with Gasteiger partial charge in [-0.2, -0.15) is 11.8 Å². The van der Waals surface area contributed by atoms with Gasteiger partial charge >= 0.3 is 0 Å². The molecule has 0 saturated heterocycles. The third-order valence-electron chi connectivity index (χ3n) is 3.74. The summed E-state index contributed by atoms with van der Waals surface area (Å²) in [5.41, 5.74) is -0.0761. The van der Waals surface area contributed by atoms with Crippen molar-refractivity contribution >= 4 is 11.8 Å². The lowest BCUT2D eigenvalue weighted by Crippen LogP contribution is -2.54. The molecule has 1 heterocycles. The maximum absolute atomic E-state index is 9.77. The molecule has 108 valence electrons. The minimum atomic E-state index is -0.0761. The molecule has 19 heavy (non-hydrogen) atoms. The van der Waals surface area contributed by atoms with Crippen molar-refractivity contribution in [3.8, 4) is 0 Å². The molecule has 0 radical (unpaired) electrons. The number of furan rings is 1. The highest BCUT2D eigenvalue weighted by molar-refractivity contribution is 7.99. The van der Waals surface area contributed by atoms with Crippen molar-refractivity contribution < 1.29 is 9.52 Å². The fraction of sp³-hybridized carbons (Fsp3) is 0.733. The Morgan fingerprint density at radius 3 is 3.05 bits per heavy atom. The molecule has 1 saturated carbocycles. The average molecular weight is 283 g/mol. The Labute approximate surface area is 120 Å². The number of hydrogen-bond donors (Lipinski definition) is 2. The van der Waals surface area contributed by atoms with Crippen molar-refractivity contribution in [3.63, 3.8) is 0 Å². The first-order chi connectivity index (χ1) is 9.13. The summed E-state index contributed by atoms with van der Waals surface area (Å²) < 4.78 is 5.38. The van der Waals surface area contributed by atoms with Crippen LogP contribution >= 0.6 is 11.8 Å². The smallest absolute Gasteiger partial charge is 0.113 e. The molecule has 0 aliphatic heterocycles. The zero-order valence-corrected chi connectivity index (χ0v) is 12.7. The molecular formula is C15H25NO2S. The van der Waals surface area contributed by atoms with E-state index in [1.54, 1.807) is 6.26 Å². The molecule has 2 unspecified atom stereocenters. The standard InChI is InChI=1S/C15H25NO2S/c1-12(2)16-15(11-17)7-3-6-14(9-15)19-10-13-5-4-8-18-13/h4-5,8,12,14,16-17H,3,6-7,9-11H2,1-2H3. The van der Waals surface area contributed by atoms with Crippen LogP contribution in [-0.4, -0.2) is 28.5 Å². The molecule has 1 aromatic heterocycles. The van der Waals surface area contributed by atoms with Crippen LogP contribution in [-0.2, 0) is 5.75 Å². The van der Waals surface area contributed by atoms with Gasteiger partial charge in [0.05, 0.1) is 18.6 Å². The van der Waals surface area contributed by atoms with E-state index in [9.17, 15) is 5.11 Å². The molecule has 1 aromatic rings. The van der Waals surface area contributed by atoms with Crippen LogP contribution in [0.3, 0.4) is 0 Å². The predicted octanol–water partition coefficient (Wildman–Crippen LogP) is 3.18. The Bertz CT molecular complexity index is 366. The van der Waals surface area contributed by atoms with Gasteiger partial charge in [0.25, 0.3) is 0 Å². The van der Waals surface area contributed by atoms with Gasteiger partial charge in [-0.3, -0.25) is 0 Å². The molecular weight excluding hydrogens is 258 g/mol. The fourth-order valence-corrected chi connectivity index (χ4v) is 4.31. The summed E-state index contributed by atoms with van der Waals surface area (Å²) >= 11 is 1.95. The summed E-state index contributed by atoms with van der Waals surface area (Å²) in [5.74, 6) is 1.97. The summed E-state index contributed by atoms with van der Waals surface area (Å²) in [4.78, 5) is 0. The van der Waals surface area contributed by atoms with Crippen LogP contribution < -0.4 is 5.32 Å². The minimum absolute atomic E-state index is 0.0761. The van der Waals surface area contributed by atoms with E-state index in [0.29, 0.717) is 11.3 Å². The van der Waals surface area contributed by atoms with Crippen molar-refractivity contribution in [2.45, 2.75) is 62.1 Å². The largest absolute Gasteiger partial charge is 0.468 e. The number of thioether (sulfide) groups is 1. The number of hydrogen-bond acceptors (Lipinski definition) is 4. The van der Waals surface area contributed by atoms with Crippen LogP contribution in [0.1, 0.15) is 45.3 Å². The first-order valence-corrected chi connectivity index (χ1v) is 8.21. The van der Waals surface area contributed by atoms with Crippen LogP contribution in [0.5, 0.6) is 0 Å². The lowest BCUT2D eigenvalue weighted by Gasteiger charge is -2.41. The van der Waals surface area contributed by atoms with Gasteiger partial charge in [0, 0.05) is 16.8 Å². The Kier molecular flexibility index (Phi) is 5.37. The Morgan fingerprint density at radius 2 is 2.42 bits per heavy atom. The maximum Gasteiger partial charge on any atom is 0.113 e. The molecule has 2 atom stereocenters. The zero-order chi connectivity index (χ0) is 13.7. The summed E-state index contributed by atoms with van der Waals surface area (Å²) in [7, 11) is 0. The van der Waals surface area contributed by atoms with Crippen molar-refractivity contribution in [3.05, 3.63) is 24.2 Å². The quantitative estimate of drug-likeness (QED) is 0.841. The van der Waals surface area contributed by atoms with Gasteiger partial charge in [0.15, 0.2) is 0 Å². The summed E-state index contributed by atoms with van der Waals surface area (Å²) in [5, 5.41) is 14.0. The SMILES string of the molecule is CC(C)NC1(CO)CCCC(SCc2ccco2)C1. The van der Waals surface area contributed by atoms with Gasteiger partial charge in [-0.05, 0) is 31.4 Å². The topological polar surface area (TPSA) is 45.4 Å². The first-order valence-electron chi connectivity index (χ1n) is 7.16. The van der Waals surface area contributed by atoms with Gasteiger partial charge in [-0.1, -0.05) is 20.3 Å². The monoisotopic (exact) mass is 283 g/mol. The van der Waals surface area contributed by atoms with E-state index < -0.39 is 0 Å². The highest BCUT2D eigenvalue weighted by atomic mass is 32.2. The van der Waals surface area contributed by atoms with Crippen LogP contribution in [0.2, 0.25) is 0 Å². The van der Waals surface area contributed by atoms with Gasteiger partial charge in [0.2, 0.25) is 0 Å². The van der Waals surface area contributed by atoms with E-state index in [4.69, 9.17) is 4.42 Å². The Balaban J connectivity index is 1.88. The molecule has 4 heteroatoms. The molecule has 0 spiro atoms. The second-order valence-corrected chi connectivity index (χ2v) is 7.13. The summed E-state index contributed by atoms with van der Waals surface area (Å²) in [6.07, 6.45) is 6.30. The summed E-state index contributed by atoms with van der Waals surface area (Å²) in [6.45, 7) is 4.54. The van der Waals surface area contributed by atoms with Crippen LogP contribution in [0, 0.1) is 0 Å². The Morgan fingerprint density at radius 1 is 1.58 bits per heavy atom. The second-order valence-electron chi connectivity index (χ2n) is 5.85. The third kappa shape index (κ3) is 4.26. The lowest BCUT2D eigenvalue weighted by atomic mass is 9.81. The van der Waals surface area contributed by atoms with E-state index in [1.807, 2.05) is 23.9 Å². The average Bonchev–Trinajstić information content (AvgIpc) is 2.89. The van der Waals surface area contributed by atoms with Crippen LogP contribution in [0.4, 0.5) is 0 Å². The Hall–Kier alpha value is -0.450. The van der Waals surface area contributed by atoms with E-state index in [-0.39, 0.29) is 12.1 Å². The summed E-state index contributed by atoms with van der Waals surface area (Å²) in [6, 6.07) is 4.39. The van der Waals surface area contributed by atoms with Crippen molar-refractivity contribution in [1.29, 1.82) is 0 Å². The number of nitrogens with one attached hydrogen (secondary N) is 1. The first kappa shape index (κ1) is 14.9. The fourth-order valence-electron chi connectivity index (χ4n) is 2.98. The highest BCUT2D eigenvalue weighted by Crippen LogP contribution is 2.36. The van der Waals surface area contributed by atoms with Gasteiger partial charge in [-0.25, -0.2) is 0 Å².